The number of sulfone groups is 1. The lowest BCUT2D eigenvalue weighted by Crippen LogP contribution is -2.05. The van der Waals surface area contributed by atoms with Gasteiger partial charge in [0.2, 0.25) is 0 Å². The van der Waals surface area contributed by atoms with Gasteiger partial charge in [-0.3, -0.25) is 0 Å². The van der Waals surface area contributed by atoms with Crippen LogP contribution in [0.4, 0.5) is 0 Å². The molecule has 0 aromatic carbocycles. The van der Waals surface area contributed by atoms with E-state index in [1.807, 2.05) is 0 Å². The highest BCUT2D eigenvalue weighted by Crippen LogP contribution is 2.59. The number of hydrogen-bond acceptors (Lipinski definition) is 6. The highest BCUT2D eigenvalue weighted by molar-refractivity contribution is 8.55. The number of rotatable bonds is 6. The standard InChI is InChI=1S/C5H13O5PS2/c1-9-11(6,10-2)12-4-5-13(3,7)8/h4-5H2,1-3H3. The van der Waals surface area contributed by atoms with Crippen molar-refractivity contribution in [2.24, 2.45) is 0 Å². The van der Waals surface area contributed by atoms with Crippen LogP contribution < -0.4 is 0 Å². The quantitative estimate of drug-likeness (QED) is 0.657. The monoisotopic (exact) mass is 248 g/mol. The van der Waals surface area contributed by atoms with E-state index in [0.717, 1.165) is 17.6 Å². The van der Waals surface area contributed by atoms with E-state index in [2.05, 4.69) is 9.05 Å². The van der Waals surface area contributed by atoms with Crippen LogP contribution in [0.3, 0.4) is 0 Å². The topological polar surface area (TPSA) is 69.7 Å². The summed E-state index contributed by atoms with van der Waals surface area (Å²) in [5.74, 6) is 0.173. The Morgan fingerprint density at radius 1 is 1.31 bits per heavy atom. The van der Waals surface area contributed by atoms with Gasteiger partial charge in [0, 0.05) is 26.2 Å². The summed E-state index contributed by atoms with van der Waals surface area (Å²) in [4.78, 5) is 0. The molecule has 0 aliphatic carbocycles. The van der Waals surface area contributed by atoms with E-state index in [-0.39, 0.29) is 11.5 Å². The van der Waals surface area contributed by atoms with Crippen molar-refractivity contribution in [3.63, 3.8) is 0 Å². The van der Waals surface area contributed by atoms with E-state index in [1.54, 1.807) is 0 Å². The van der Waals surface area contributed by atoms with Crippen molar-refractivity contribution in [2.75, 3.05) is 32.0 Å². The van der Waals surface area contributed by atoms with E-state index in [4.69, 9.17) is 0 Å². The molecule has 0 saturated carbocycles. The second-order valence-electron chi connectivity index (χ2n) is 2.28. The summed E-state index contributed by atoms with van der Waals surface area (Å²) in [5, 5.41) is 0. The van der Waals surface area contributed by atoms with Crippen LogP contribution in [-0.4, -0.2) is 40.4 Å². The van der Waals surface area contributed by atoms with Crippen LogP contribution in [-0.2, 0) is 23.4 Å². The predicted molar refractivity (Wildman–Crippen MR) is 53.8 cm³/mol. The first kappa shape index (κ1) is 13.4. The summed E-state index contributed by atoms with van der Waals surface area (Å²) in [7, 11) is -0.493. The summed E-state index contributed by atoms with van der Waals surface area (Å²) in [5.41, 5.74) is 0. The molecule has 8 heteroatoms. The van der Waals surface area contributed by atoms with Gasteiger partial charge in [-0.2, -0.15) is 0 Å². The first-order valence-corrected chi connectivity index (χ1v) is 8.56. The summed E-state index contributed by atoms with van der Waals surface area (Å²) in [6.07, 6.45) is 1.12. The molecular weight excluding hydrogens is 235 g/mol. The van der Waals surface area contributed by atoms with Gasteiger partial charge in [-0.1, -0.05) is 0 Å². The van der Waals surface area contributed by atoms with Gasteiger partial charge >= 0.3 is 6.80 Å². The molecule has 0 aliphatic heterocycles. The molecule has 5 nitrogen and oxygen atoms in total. The van der Waals surface area contributed by atoms with Crippen molar-refractivity contribution in [2.45, 2.75) is 0 Å². The smallest absolute Gasteiger partial charge is 0.304 e. The second-order valence-corrected chi connectivity index (χ2v) is 8.94. The van der Waals surface area contributed by atoms with E-state index in [0.29, 0.717) is 0 Å². The molecule has 0 bridgehead atoms. The van der Waals surface area contributed by atoms with Crippen molar-refractivity contribution in [1.29, 1.82) is 0 Å². The van der Waals surface area contributed by atoms with Gasteiger partial charge in [0.15, 0.2) is 0 Å². The van der Waals surface area contributed by atoms with Crippen molar-refractivity contribution >= 4 is 28.0 Å². The third kappa shape index (κ3) is 6.51. The van der Waals surface area contributed by atoms with Crippen LogP contribution in [0.25, 0.3) is 0 Å². The molecule has 13 heavy (non-hydrogen) atoms. The fourth-order valence-corrected chi connectivity index (χ4v) is 4.55. The lowest BCUT2D eigenvalue weighted by Gasteiger charge is -2.11. The molecule has 0 atom stereocenters. The van der Waals surface area contributed by atoms with Gasteiger partial charge < -0.3 is 9.05 Å². The molecule has 0 heterocycles. The highest BCUT2D eigenvalue weighted by atomic mass is 32.7. The van der Waals surface area contributed by atoms with Crippen molar-refractivity contribution in [3.8, 4) is 0 Å². The summed E-state index contributed by atoms with van der Waals surface area (Å²) >= 11 is 0.883. The fourth-order valence-electron chi connectivity index (χ4n) is 0.480. The molecule has 0 fully saturated rings. The third-order valence-electron chi connectivity index (χ3n) is 1.15. The minimum atomic E-state index is -3.11. The summed E-state index contributed by atoms with van der Waals surface area (Å²) in [6.45, 7) is -3.11. The molecule has 0 saturated heterocycles. The van der Waals surface area contributed by atoms with E-state index < -0.39 is 16.6 Å². The average Bonchev–Trinajstić information content (AvgIpc) is 2.02. The van der Waals surface area contributed by atoms with E-state index in [1.165, 1.54) is 14.2 Å². The molecule has 0 aromatic heterocycles. The first-order valence-electron chi connectivity index (χ1n) is 3.37. The maximum absolute atomic E-state index is 11.4. The van der Waals surface area contributed by atoms with Crippen molar-refractivity contribution in [3.05, 3.63) is 0 Å². The average molecular weight is 248 g/mol. The molecule has 0 N–H and O–H groups in total. The second kappa shape index (κ2) is 5.36. The van der Waals surface area contributed by atoms with E-state index >= 15 is 0 Å². The lowest BCUT2D eigenvalue weighted by molar-refractivity contribution is 0.295. The van der Waals surface area contributed by atoms with Gasteiger partial charge in [-0.15, -0.1) is 0 Å². The number of hydrogen-bond donors (Lipinski definition) is 0. The van der Waals surface area contributed by atoms with Crippen molar-refractivity contribution in [1.82, 2.24) is 0 Å². The Hall–Kier alpha value is 0.450. The summed E-state index contributed by atoms with van der Waals surface area (Å²) in [6, 6.07) is 0. The molecule has 0 spiro atoms. The SMILES string of the molecule is COP(=O)(OC)SCCS(C)(=O)=O. The molecule has 0 unspecified atom stereocenters. The zero-order chi connectivity index (χ0) is 10.5. The van der Waals surface area contributed by atoms with E-state index in [9.17, 15) is 13.0 Å². The van der Waals surface area contributed by atoms with Gasteiger partial charge in [0.1, 0.15) is 9.84 Å². The fraction of sp³-hybridized carbons (Fsp3) is 1.00. The predicted octanol–water partition coefficient (Wildman–Crippen LogP) is 1.17. The van der Waals surface area contributed by atoms with Crippen LogP contribution in [0.2, 0.25) is 0 Å². The van der Waals surface area contributed by atoms with Crippen LogP contribution in [0.15, 0.2) is 0 Å². The van der Waals surface area contributed by atoms with Crippen molar-refractivity contribution < 1.29 is 22.0 Å². The van der Waals surface area contributed by atoms with Crippen LogP contribution in [0, 0.1) is 0 Å². The molecule has 80 valence electrons. The van der Waals surface area contributed by atoms with Crippen LogP contribution in [0.5, 0.6) is 0 Å². The molecule has 0 aliphatic rings. The minimum Gasteiger partial charge on any atom is -0.304 e. The summed E-state index contributed by atoms with van der Waals surface area (Å²) < 4.78 is 42.0. The molecule has 0 aromatic rings. The maximum Gasteiger partial charge on any atom is 0.388 e. The molecule has 0 rings (SSSR count). The van der Waals surface area contributed by atoms with Crippen LogP contribution in [0.1, 0.15) is 0 Å². The zero-order valence-corrected chi connectivity index (χ0v) is 10.2. The zero-order valence-electron chi connectivity index (χ0n) is 7.72. The molecule has 0 radical (unpaired) electrons. The molecule has 0 amide bonds. The molecular formula is C5H13O5PS2. The maximum atomic E-state index is 11.4. The van der Waals surface area contributed by atoms with Gasteiger partial charge in [-0.25, -0.2) is 13.0 Å². The Morgan fingerprint density at radius 2 is 1.77 bits per heavy atom. The Balaban J connectivity index is 3.96. The van der Waals surface area contributed by atoms with Crippen LogP contribution >= 0.6 is 18.2 Å². The normalized spacial score (nSPS) is 13.2. The third-order valence-corrected chi connectivity index (χ3v) is 6.34. The highest BCUT2D eigenvalue weighted by Gasteiger charge is 2.22. The first-order chi connectivity index (χ1) is 5.83. The Kier molecular flexibility index (Phi) is 5.55. The Morgan fingerprint density at radius 3 is 2.08 bits per heavy atom. The Bertz CT molecular complexity index is 277. The largest absolute Gasteiger partial charge is 0.388 e. The van der Waals surface area contributed by atoms with Gasteiger partial charge in [-0.05, 0) is 11.4 Å². The van der Waals surface area contributed by atoms with Gasteiger partial charge in [0.05, 0.1) is 5.75 Å². The minimum absolute atomic E-state index is 0.0334. The Labute approximate surface area is 82.4 Å². The van der Waals surface area contributed by atoms with Gasteiger partial charge in [0.25, 0.3) is 0 Å². The lowest BCUT2D eigenvalue weighted by atomic mass is 11.0.